The highest BCUT2D eigenvalue weighted by Gasteiger charge is 2.19. The molecule has 0 unspecified atom stereocenters. The molecule has 268 valence electrons. The third kappa shape index (κ3) is 5.66. The maximum absolute atomic E-state index is 6.31. The second-order valence-corrected chi connectivity index (χ2v) is 14.4. The van der Waals surface area contributed by atoms with Gasteiger partial charge in [-0.05, 0) is 100 Å². The third-order valence-corrected chi connectivity index (χ3v) is 11.0. The Labute approximate surface area is 330 Å². The van der Waals surface area contributed by atoms with Crippen molar-refractivity contribution in [3.8, 4) is 39.4 Å². The molecule has 0 spiro atoms. The molecule has 0 saturated heterocycles. The fourth-order valence-corrected chi connectivity index (χ4v) is 8.33. The maximum atomic E-state index is 6.31. The van der Waals surface area contributed by atoms with Gasteiger partial charge in [-0.15, -0.1) is 0 Å². The van der Waals surface area contributed by atoms with Gasteiger partial charge in [0, 0.05) is 44.5 Å². The summed E-state index contributed by atoms with van der Waals surface area (Å²) in [6.45, 7) is 0. The van der Waals surface area contributed by atoms with E-state index in [-0.39, 0.29) is 0 Å². The molecule has 0 radical (unpaired) electrons. The van der Waals surface area contributed by atoms with Gasteiger partial charge in [0.1, 0.15) is 5.52 Å². The van der Waals surface area contributed by atoms with Crippen LogP contribution in [0, 0.1) is 0 Å². The fourth-order valence-electron chi connectivity index (χ4n) is 8.33. The van der Waals surface area contributed by atoms with E-state index in [9.17, 15) is 0 Å². The highest BCUT2D eigenvalue weighted by Crippen LogP contribution is 2.42. The topological polar surface area (TPSA) is 34.2 Å². The second-order valence-electron chi connectivity index (χ2n) is 14.4. The van der Waals surface area contributed by atoms with Gasteiger partial charge in [0.05, 0.1) is 11.0 Å². The van der Waals surface area contributed by atoms with E-state index in [2.05, 4.69) is 185 Å². The molecule has 2 heterocycles. The number of hydrogen-bond acceptors (Lipinski definition) is 3. The van der Waals surface area contributed by atoms with Crippen molar-refractivity contribution < 1.29 is 4.42 Å². The van der Waals surface area contributed by atoms with E-state index in [4.69, 9.17) is 9.40 Å². The Morgan fingerprint density at radius 3 is 1.75 bits per heavy atom. The Morgan fingerprint density at radius 2 is 1.02 bits per heavy atom. The quantitative estimate of drug-likeness (QED) is 0.164. The SMILES string of the molecule is c1ccc(-c2ccc(N(c3ccc(-c4cccc5ccc6oc(-c7ccccc7)nc6c45)cc3)c3ccc4c5ccccc5n(-c5ccccc5)c4c3)cc2)cc1. The van der Waals surface area contributed by atoms with Crippen molar-refractivity contribution in [2.24, 2.45) is 0 Å². The Balaban J connectivity index is 1.06. The van der Waals surface area contributed by atoms with Gasteiger partial charge in [-0.2, -0.15) is 0 Å². The van der Waals surface area contributed by atoms with Crippen molar-refractivity contribution in [3.63, 3.8) is 0 Å². The van der Waals surface area contributed by atoms with Crippen LogP contribution in [0.5, 0.6) is 0 Å². The first-order valence-corrected chi connectivity index (χ1v) is 19.3. The van der Waals surface area contributed by atoms with Gasteiger partial charge < -0.3 is 13.9 Å². The minimum absolute atomic E-state index is 0.625. The van der Waals surface area contributed by atoms with Gasteiger partial charge in [-0.25, -0.2) is 4.98 Å². The van der Waals surface area contributed by atoms with Crippen LogP contribution >= 0.6 is 0 Å². The van der Waals surface area contributed by atoms with Crippen molar-refractivity contribution in [3.05, 3.63) is 212 Å². The average Bonchev–Trinajstić information content (AvgIpc) is 3.88. The number of anilines is 3. The van der Waals surface area contributed by atoms with Crippen molar-refractivity contribution in [1.29, 1.82) is 0 Å². The number of rotatable bonds is 7. The molecule has 0 aliphatic rings. The summed E-state index contributed by atoms with van der Waals surface area (Å²) in [5, 5.41) is 4.66. The summed E-state index contributed by atoms with van der Waals surface area (Å²) in [6.07, 6.45) is 0. The van der Waals surface area contributed by atoms with Gasteiger partial charge in [0.25, 0.3) is 0 Å². The molecule has 57 heavy (non-hydrogen) atoms. The zero-order valence-electron chi connectivity index (χ0n) is 31.0. The summed E-state index contributed by atoms with van der Waals surface area (Å²) in [7, 11) is 0. The first kappa shape index (κ1) is 32.7. The van der Waals surface area contributed by atoms with Gasteiger partial charge in [0.15, 0.2) is 5.58 Å². The molecular weight excluding hydrogens is 695 g/mol. The number of nitrogens with zero attached hydrogens (tertiary/aromatic N) is 3. The molecule has 2 aromatic heterocycles. The lowest BCUT2D eigenvalue weighted by Gasteiger charge is -2.26. The average molecular weight is 730 g/mol. The van der Waals surface area contributed by atoms with E-state index in [1.165, 1.54) is 27.4 Å². The van der Waals surface area contributed by atoms with Gasteiger partial charge in [-0.1, -0.05) is 140 Å². The molecule has 11 rings (SSSR count). The molecule has 0 bridgehead atoms. The summed E-state index contributed by atoms with van der Waals surface area (Å²) in [5.41, 5.74) is 13.9. The van der Waals surface area contributed by atoms with Crippen LogP contribution in [-0.2, 0) is 0 Å². The van der Waals surface area contributed by atoms with E-state index in [1.807, 2.05) is 36.4 Å². The molecule has 4 nitrogen and oxygen atoms in total. The van der Waals surface area contributed by atoms with E-state index in [1.54, 1.807) is 0 Å². The Hall–Kier alpha value is -7.69. The predicted octanol–water partition coefficient (Wildman–Crippen LogP) is 14.5. The highest BCUT2D eigenvalue weighted by atomic mass is 16.3. The molecule has 0 atom stereocenters. The maximum Gasteiger partial charge on any atom is 0.227 e. The second kappa shape index (κ2) is 13.6. The lowest BCUT2D eigenvalue weighted by Crippen LogP contribution is -2.10. The minimum Gasteiger partial charge on any atom is -0.436 e. The van der Waals surface area contributed by atoms with E-state index in [0.29, 0.717) is 5.89 Å². The number of oxazole rings is 1. The van der Waals surface area contributed by atoms with Crippen molar-refractivity contribution in [2.75, 3.05) is 4.90 Å². The predicted molar refractivity (Wildman–Crippen MR) is 237 cm³/mol. The summed E-state index contributed by atoms with van der Waals surface area (Å²) in [6, 6.07) is 75.2. The molecule has 0 saturated carbocycles. The van der Waals surface area contributed by atoms with E-state index >= 15 is 0 Å². The summed E-state index contributed by atoms with van der Waals surface area (Å²) >= 11 is 0. The highest BCUT2D eigenvalue weighted by molar-refractivity contribution is 6.12. The molecular formula is C53H35N3O. The van der Waals surface area contributed by atoms with Crippen LogP contribution in [0.15, 0.2) is 217 Å². The molecule has 9 aromatic carbocycles. The molecule has 4 heteroatoms. The molecule has 0 N–H and O–H groups in total. The van der Waals surface area contributed by atoms with Gasteiger partial charge in [0.2, 0.25) is 5.89 Å². The molecule has 0 fully saturated rings. The van der Waals surface area contributed by atoms with Crippen molar-refractivity contribution >= 4 is 60.7 Å². The van der Waals surface area contributed by atoms with Crippen molar-refractivity contribution in [1.82, 2.24) is 9.55 Å². The number of benzene rings is 9. The van der Waals surface area contributed by atoms with Gasteiger partial charge >= 0.3 is 0 Å². The molecule has 0 aliphatic heterocycles. The number of fused-ring (bicyclic) bond motifs is 6. The zero-order chi connectivity index (χ0) is 37.7. The number of aromatic nitrogens is 2. The van der Waals surface area contributed by atoms with Crippen LogP contribution in [0.4, 0.5) is 17.1 Å². The third-order valence-electron chi connectivity index (χ3n) is 11.0. The first-order valence-electron chi connectivity index (χ1n) is 19.3. The zero-order valence-corrected chi connectivity index (χ0v) is 31.0. The fraction of sp³-hybridized carbons (Fsp3) is 0. The number of para-hydroxylation sites is 2. The van der Waals surface area contributed by atoms with E-state index in [0.717, 1.165) is 66.8 Å². The Bertz CT molecular complexity index is 3200. The van der Waals surface area contributed by atoms with Crippen LogP contribution in [0.1, 0.15) is 0 Å². The van der Waals surface area contributed by atoms with Gasteiger partial charge in [-0.3, -0.25) is 0 Å². The summed E-state index contributed by atoms with van der Waals surface area (Å²) in [5.74, 6) is 0.625. The minimum atomic E-state index is 0.625. The Kier molecular flexibility index (Phi) is 7.78. The normalized spacial score (nSPS) is 11.5. The van der Waals surface area contributed by atoms with Crippen LogP contribution in [0.25, 0.3) is 83.1 Å². The standard InChI is InChI=1S/C53H35N3O/c1-4-13-36(14-5-1)37-23-28-42(29-24-37)55(44-32-33-47-46-20-10-11-22-48(46)56(49(47)35-44)41-18-8-3-9-19-41)43-30-25-38(26-31-43)45-21-12-17-39-27-34-50-52(51(39)45)54-53(57-50)40-15-6-2-7-16-40/h1-35H. The lowest BCUT2D eigenvalue weighted by atomic mass is 9.97. The molecule has 11 aromatic rings. The van der Waals surface area contributed by atoms with Crippen LogP contribution in [-0.4, -0.2) is 9.55 Å². The summed E-state index contributed by atoms with van der Waals surface area (Å²) in [4.78, 5) is 7.40. The van der Waals surface area contributed by atoms with Crippen LogP contribution in [0.2, 0.25) is 0 Å². The smallest absolute Gasteiger partial charge is 0.227 e. The van der Waals surface area contributed by atoms with E-state index < -0.39 is 0 Å². The molecule has 0 amide bonds. The molecule has 0 aliphatic carbocycles. The number of hydrogen-bond donors (Lipinski definition) is 0. The lowest BCUT2D eigenvalue weighted by molar-refractivity contribution is 0.620. The first-order chi connectivity index (χ1) is 28.3. The van der Waals surface area contributed by atoms with Crippen LogP contribution < -0.4 is 4.90 Å². The summed E-state index contributed by atoms with van der Waals surface area (Å²) < 4.78 is 8.68. The Morgan fingerprint density at radius 1 is 0.421 bits per heavy atom. The van der Waals surface area contributed by atoms with Crippen LogP contribution in [0.3, 0.4) is 0 Å². The monoisotopic (exact) mass is 729 g/mol. The largest absolute Gasteiger partial charge is 0.436 e. The van der Waals surface area contributed by atoms with Crippen molar-refractivity contribution in [2.45, 2.75) is 0 Å².